The van der Waals surface area contributed by atoms with E-state index >= 15 is 0 Å². The van der Waals surface area contributed by atoms with Crippen molar-refractivity contribution in [3.05, 3.63) is 34.6 Å². The van der Waals surface area contributed by atoms with E-state index in [9.17, 15) is 14.9 Å². The number of para-hydroxylation sites is 1. The maximum absolute atomic E-state index is 13.3. The van der Waals surface area contributed by atoms with E-state index < -0.39 is 10.8 Å². The molecule has 2 aromatic rings. The Labute approximate surface area is 181 Å². The lowest BCUT2D eigenvalue weighted by Crippen LogP contribution is -2.51. The molecular formula is C23H28N4O2S. The number of fused-ring (bicyclic) bond motifs is 1. The molecule has 2 fully saturated rings. The van der Waals surface area contributed by atoms with Crippen molar-refractivity contribution in [2.24, 2.45) is 0 Å². The molecule has 2 aliphatic carbocycles. The van der Waals surface area contributed by atoms with Gasteiger partial charge in [-0.2, -0.15) is 5.26 Å². The van der Waals surface area contributed by atoms with Gasteiger partial charge in [-0.05, 0) is 44.7 Å². The van der Waals surface area contributed by atoms with Gasteiger partial charge in [-0.25, -0.2) is 4.98 Å². The molecule has 0 unspecified atom stereocenters. The van der Waals surface area contributed by atoms with Crippen LogP contribution in [-0.2, 0) is 4.79 Å². The number of nitriles is 1. The van der Waals surface area contributed by atoms with Crippen LogP contribution in [0.25, 0.3) is 10.9 Å². The van der Waals surface area contributed by atoms with Gasteiger partial charge >= 0.3 is 0 Å². The summed E-state index contributed by atoms with van der Waals surface area (Å²) in [5, 5.41) is 13.5. The fourth-order valence-corrected chi connectivity index (χ4v) is 5.64. The fourth-order valence-electron chi connectivity index (χ4n) is 4.66. The zero-order valence-corrected chi connectivity index (χ0v) is 18.2. The fraction of sp³-hybridized carbons (Fsp3) is 0.565. The maximum atomic E-state index is 13.3. The van der Waals surface area contributed by atoms with Gasteiger partial charge in [0.2, 0.25) is 5.91 Å². The average Bonchev–Trinajstić information content (AvgIpc) is 3.29. The highest BCUT2D eigenvalue weighted by Gasteiger charge is 2.35. The summed E-state index contributed by atoms with van der Waals surface area (Å²) < 4.78 is 1.81. The van der Waals surface area contributed by atoms with Crippen molar-refractivity contribution in [2.45, 2.75) is 86.7 Å². The Morgan fingerprint density at radius 1 is 1.23 bits per heavy atom. The number of amides is 1. The van der Waals surface area contributed by atoms with Crippen LogP contribution >= 0.6 is 11.8 Å². The Morgan fingerprint density at radius 2 is 1.93 bits per heavy atom. The second-order valence-corrected chi connectivity index (χ2v) is 9.84. The number of hydrogen-bond acceptors (Lipinski definition) is 5. The molecule has 2 saturated carbocycles. The summed E-state index contributed by atoms with van der Waals surface area (Å²) in [6, 6.07) is 9.88. The Kier molecular flexibility index (Phi) is 6.14. The predicted molar refractivity (Wildman–Crippen MR) is 118 cm³/mol. The lowest BCUT2D eigenvalue weighted by Gasteiger charge is -2.32. The highest BCUT2D eigenvalue weighted by Crippen LogP contribution is 2.34. The molecule has 1 heterocycles. The zero-order valence-electron chi connectivity index (χ0n) is 17.4. The van der Waals surface area contributed by atoms with Gasteiger partial charge in [0.05, 0.1) is 22.2 Å². The van der Waals surface area contributed by atoms with Gasteiger partial charge in [-0.1, -0.05) is 56.0 Å². The molecule has 4 rings (SSSR count). The van der Waals surface area contributed by atoms with Crippen molar-refractivity contribution in [1.29, 1.82) is 5.26 Å². The molecule has 1 amide bonds. The zero-order chi connectivity index (χ0) is 21.1. The first-order chi connectivity index (χ1) is 14.5. The van der Waals surface area contributed by atoms with E-state index in [1.165, 1.54) is 11.8 Å². The molecule has 6 nitrogen and oxygen atoms in total. The van der Waals surface area contributed by atoms with Gasteiger partial charge in [-0.15, -0.1) is 0 Å². The van der Waals surface area contributed by atoms with Crippen LogP contribution in [0.15, 0.2) is 34.2 Å². The molecule has 0 aliphatic heterocycles. The number of carbonyl (C=O) groups excluding carboxylic acids is 1. The molecule has 0 bridgehead atoms. The van der Waals surface area contributed by atoms with Gasteiger partial charge in [0.15, 0.2) is 5.16 Å². The smallest absolute Gasteiger partial charge is 0.262 e. The third-order valence-electron chi connectivity index (χ3n) is 6.40. The number of carbonyl (C=O) groups is 1. The first-order valence-electron chi connectivity index (χ1n) is 10.9. The van der Waals surface area contributed by atoms with Gasteiger partial charge < -0.3 is 5.32 Å². The normalized spacial score (nSPS) is 20.0. The van der Waals surface area contributed by atoms with Gasteiger partial charge in [-0.3, -0.25) is 14.2 Å². The minimum atomic E-state index is -0.758. The molecule has 0 saturated heterocycles. The number of nitrogens with zero attached hydrogens (tertiary/aromatic N) is 3. The minimum Gasteiger partial charge on any atom is -0.337 e. The standard InChI is InChI=1S/C23H28N4O2S/c1-16(20(28)26-23(15-24)13-7-2-8-14-23)30-22-25-19-12-6-5-11-18(19)21(29)27(22)17-9-3-4-10-17/h5-6,11-12,16-17H,2-4,7-10,13-14H2,1H3,(H,26,28)/t16-/m0/s1. The predicted octanol–water partition coefficient (Wildman–Crippen LogP) is 4.33. The second kappa shape index (κ2) is 8.81. The number of hydrogen-bond donors (Lipinski definition) is 1. The Balaban J connectivity index is 1.62. The number of thioether (sulfide) groups is 1. The summed E-state index contributed by atoms with van der Waals surface area (Å²) in [7, 11) is 0. The van der Waals surface area contributed by atoms with Crippen LogP contribution in [0, 0.1) is 11.3 Å². The molecule has 0 spiro atoms. The largest absolute Gasteiger partial charge is 0.337 e. The van der Waals surface area contributed by atoms with Crippen LogP contribution in [0.4, 0.5) is 0 Å². The molecule has 158 valence electrons. The first kappa shape index (κ1) is 20.9. The summed E-state index contributed by atoms with van der Waals surface area (Å²) in [5.41, 5.74) is -0.123. The third-order valence-corrected chi connectivity index (χ3v) is 7.47. The Morgan fingerprint density at radius 3 is 2.63 bits per heavy atom. The van der Waals surface area contributed by atoms with Crippen LogP contribution in [-0.4, -0.2) is 26.2 Å². The van der Waals surface area contributed by atoms with Crippen molar-refractivity contribution in [3.63, 3.8) is 0 Å². The van der Waals surface area contributed by atoms with Crippen molar-refractivity contribution >= 4 is 28.6 Å². The molecule has 30 heavy (non-hydrogen) atoms. The SMILES string of the molecule is C[C@H](Sc1nc2ccccc2c(=O)n1C1CCCC1)C(=O)NC1(C#N)CCCCC1. The number of nitrogens with one attached hydrogen (secondary N) is 1. The van der Waals surface area contributed by atoms with Gasteiger partial charge in [0.25, 0.3) is 5.56 Å². The van der Waals surface area contributed by atoms with Crippen molar-refractivity contribution < 1.29 is 4.79 Å². The molecule has 1 N–H and O–H groups in total. The number of benzene rings is 1. The number of aromatic nitrogens is 2. The molecular weight excluding hydrogens is 396 g/mol. The van der Waals surface area contributed by atoms with E-state index in [0.717, 1.165) is 44.9 Å². The molecule has 1 aromatic carbocycles. The van der Waals surface area contributed by atoms with E-state index in [1.54, 1.807) is 0 Å². The van der Waals surface area contributed by atoms with Crippen LogP contribution in [0.1, 0.15) is 70.8 Å². The van der Waals surface area contributed by atoms with Crippen molar-refractivity contribution in [2.75, 3.05) is 0 Å². The van der Waals surface area contributed by atoms with Crippen molar-refractivity contribution in [3.8, 4) is 6.07 Å². The molecule has 1 aromatic heterocycles. The van der Waals surface area contributed by atoms with Gasteiger partial charge in [0.1, 0.15) is 5.54 Å². The summed E-state index contributed by atoms with van der Waals surface area (Å²) in [5.74, 6) is -0.163. The summed E-state index contributed by atoms with van der Waals surface area (Å²) in [4.78, 5) is 31.0. The molecule has 2 aliphatic rings. The summed E-state index contributed by atoms with van der Waals surface area (Å²) in [6.07, 6.45) is 8.58. The highest BCUT2D eigenvalue weighted by molar-refractivity contribution is 8.00. The van der Waals surface area contributed by atoms with Crippen LogP contribution < -0.4 is 10.9 Å². The maximum Gasteiger partial charge on any atom is 0.262 e. The first-order valence-corrected chi connectivity index (χ1v) is 11.8. The average molecular weight is 425 g/mol. The Hall–Kier alpha value is -2.33. The molecule has 1 atom stereocenters. The highest BCUT2D eigenvalue weighted by atomic mass is 32.2. The lowest BCUT2D eigenvalue weighted by molar-refractivity contribution is -0.121. The molecule has 7 heteroatoms. The van der Waals surface area contributed by atoms with E-state index in [1.807, 2.05) is 35.8 Å². The van der Waals surface area contributed by atoms with E-state index in [2.05, 4.69) is 11.4 Å². The van der Waals surface area contributed by atoms with Gasteiger partial charge in [0, 0.05) is 6.04 Å². The van der Waals surface area contributed by atoms with Crippen molar-refractivity contribution in [1.82, 2.24) is 14.9 Å². The van der Waals surface area contributed by atoms with Crippen LogP contribution in [0.2, 0.25) is 0 Å². The Bertz CT molecular complexity index is 1030. The monoisotopic (exact) mass is 424 g/mol. The minimum absolute atomic E-state index is 0.0246. The van der Waals surface area contributed by atoms with Crippen LogP contribution in [0.5, 0.6) is 0 Å². The van der Waals surface area contributed by atoms with E-state index in [0.29, 0.717) is 28.9 Å². The van der Waals surface area contributed by atoms with E-state index in [-0.39, 0.29) is 17.5 Å². The summed E-state index contributed by atoms with van der Waals surface area (Å²) >= 11 is 1.32. The second-order valence-electron chi connectivity index (χ2n) is 8.53. The lowest BCUT2D eigenvalue weighted by atomic mass is 9.83. The number of rotatable bonds is 5. The third kappa shape index (κ3) is 4.11. The van der Waals surface area contributed by atoms with Crippen LogP contribution in [0.3, 0.4) is 0 Å². The topological polar surface area (TPSA) is 87.8 Å². The van der Waals surface area contributed by atoms with E-state index in [4.69, 9.17) is 4.98 Å². The summed E-state index contributed by atoms with van der Waals surface area (Å²) in [6.45, 7) is 1.83. The quantitative estimate of drug-likeness (QED) is 0.570. The molecule has 0 radical (unpaired) electrons.